The zero-order valence-corrected chi connectivity index (χ0v) is 18.8. The molecule has 1 aromatic carbocycles. The minimum atomic E-state index is -0.687. The van der Waals surface area contributed by atoms with Crippen LogP contribution in [0.15, 0.2) is 28.8 Å². The summed E-state index contributed by atoms with van der Waals surface area (Å²) in [5.74, 6) is 0.782. The summed E-state index contributed by atoms with van der Waals surface area (Å²) in [5.41, 5.74) is 7.44. The Kier molecular flexibility index (Phi) is 9.79. The molecule has 6 nitrogen and oxygen atoms in total. The van der Waals surface area contributed by atoms with Crippen LogP contribution in [0.1, 0.15) is 82.6 Å². The molecule has 0 aliphatic heterocycles. The molecule has 166 valence electrons. The summed E-state index contributed by atoms with van der Waals surface area (Å²) in [7, 11) is 0. The third-order valence-electron chi connectivity index (χ3n) is 5.64. The molecule has 1 aliphatic rings. The van der Waals surface area contributed by atoms with E-state index in [0.717, 1.165) is 24.8 Å². The van der Waals surface area contributed by atoms with Crippen LogP contribution in [0.5, 0.6) is 0 Å². The molecule has 0 radical (unpaired) electrons. The lowest BCUT2D eigenvalue weighted by molar-refractivity contribution is -0.123. The van der Waals surface area contributed by atoms with Crippen molar-refractivity contribution in [3.05, 3.63) is 35.7 Å². The number of aromatic nitrogens is 2. The van der Waals surface area contributed by atoms with E-state index in [1.807, 2.05) is 12.1 Å². The fraction of sp³-hybridized carbons (Fsp3) is 0.609. The van der Waals surface area contributed by atoms with Gasteiger partial charge in [-0.3, -0.25) is 4.79 Å². The third-order valence-corrected chi connectivity index (χ3v) is 5.64. The number of hydrogen-bond acceptors (Lipinski definition) is 5. The zero-order chi connectivity index (χ0) is 20.5. The van der Waals surface area contributed by atoms with Gasteiger partial charge in [0.25, 0.3) is 0 Å². The van der Waals surface area contributed by atoms with Crippen LogP contribution >= 0.6 is 12.4 Å². The molecule has 3 rings (SSSR count). The molecule has 3 N–H and O–H groups in total. The van der Waals surface area contributed by atoms with Crippen LogP contribution in [0.25, 0.3) is 11.4 Å². The zero-order valence-electron chi connectivity index (χ0n) is 18.0. The number of hydrogen-bond donors (Lipinski definition) is 2. The third kappa shape index (κ3) is 7.40. The summed E-state index contributed by atoms with van der Waals surface area (Å²) >= 11 is 0. The van der Waals surface area contributed by atoms with Crippen LogP contribution in [0.4, 0.5) is 0 Å². The number of nitrogens with one attached hydrogen (secondary N) is 1. The fourth-order valence-corrected chi connectivity index (χ4v) is 3.42. The first-order valence-corrected chi connectivity index (χ1v) is 11.1. The summed E-state index contributed by atoms with van der Waals surface area (Å²) < 4.78 is 5.24. The van der Waals surface area contributed by atoms with Crippen LogP contribution in [0.3, 0.4) is 0 Å². The van der Waals surface area contributed by atoms with E-state index in [1.165, 1.54) is 56.9 Å². The summed E-state index contributed by atoms with van der Waals surface area (Å²) in [6.07, 6.45) is 13.3. The van der Waals surface area contributed by atoms with Gasteiger partial charge in [-0.15, -0.1) is 12.4 Å². The van der Waals surface area contributed by atoms with E-state index in [2.05, 4.69) is 34.5 Å². The number of unbranched alkanes of at least 4 members (excludes halogenated alkanes) is 7. The lowest BCUT2D eigenvalue weighted by Gasteiger charge is -2.07. The average molecular weight is 435 g/mol. The molecule has 0 saturated heterocycles. The van der Waals surface area contributed by atoms with E-state index in [9.17, 15) is 4.79 Å². The van der Waals surface area contributed by atoms with Crippen molar-refractivity contribution in [2.75, 3.05) is 0 Å². The molecule has 1 saturated carbocycles. The number of nitrogens with two attached hydrogens (primary N) is 1. The number of nitrogens with zero attached hydrogens (tertiary/aromatic N) is 2. The quantitative estimate of drug-likeness (QED) is 0.435. The Balaban J connectivity index is 0.00000320. The first kappa shape index (κ1) is 24.4. The van der Waals surface area contributed by atoms with Crippen LogP contribution in [0, 0.1) is 0 Å². The van der Waals surface area contributed by atoms with Gasteiger partial charge in [0, 0.05) is 5.56 Å². The number of aryl methyl sites for hydroxylation is 1. The van der Waals surface area contributed by atoms with Gasteiger partial charge in [-0.25, -0.2) is 0 Å². The van der Waals surface area contributed by atoms with Crippen molar-refractivity contribution >= 4 is 18.3 Å². The van der Waals surface area contributed by atoms with Crippen molar-refractivity contribution < 1.29 is 9.32 Å². The summed E-state index contributed by atoms with van der Waals surface area (Å²) in [4.78, 5) is 16.2. The second-order valence-corrected chi connectivity index (χ2v) is 8.27. The molecular weight excluding hydrogens is 400 g/mol. The smallest absolute Gasteiger partial charge is 0.246 e. The van der Waals surface area contributed by atoms with E-state index in [4.69, 9.17) is 10.3 Å². The normalized spacial score (nSPS) is 14.2. The lowest BCUT2D eigenvalue weighted by atomic mass is 10.0. The molecule has 1 amide bonds. The van der Waals surface area contributed by atoms with E-state index in [0.29, 0.717) is 11.7 Å². The number of rotatable bonds is 13. The van der Waals surface area contributed by atoms with Crippen molar-refractivity contribution in [2.24, 2.45) is 5.73 Å². The van der Waals surface area contributed by atoms with E-state index in [-0.39, 0.29) is 24.9 Å². The van der Waals surface area contributed by atoms with E-state index in [1.54, 1.807) is 0 Å². The van der Waals surface area contributed by atoms with Crippen LogP contribution < -0.4 is 11.1 Å². The molecule has 30 heavy (non-hydrogen) atoms. The maximum absolute atomic E-state index is 11.9. The first-order chi connectivity index (χ1) is 14.1. The Labute approximate surface area is 185 Å². The van der Waals surface area contributed by atoms with Crippen molar-refractivity contribution in [3.8, 4) is 11.4 Å². The standard InChI is InChI=1S/C23H34N4O2.ClH/c1-2-3-4-5-6-7-8-9-10-18-11-13-19(14-12-18)21-26-20(29-27-21)17-25-22(28)23(24)15-16-23;/h11-14H,2-10,15-17,24H2,1H3,(H,25,28);1H. The second-order valence-electron chi connectivity index (χ2n) is 8.27. The van der Waals surface area contributed by atoms with Crippen LogP contribution in [0.2, 0.25) is 0 Å². The number of carbonyl (C=O) groups is 1. The molecule has 1 aromatic heterocycles. The van der Waals surface area contributed by atoms with Crippen LogP contribution in [-0.4, -0.2) is 21.6 Å². The molecule has 0 atom stereocenters. The van der Waals surface area contributed by atoms with Crippen molar-refractivity contribution in [3.63, 3.8) is 0 Å². The molecule has 0 unspecified atom stereocenters. The highest BCUT2D eigenvalue weighted by atomic mass is 35.5. The molecule has 1 fully saturated rings. The van der Waals surface area contributed by atoms with E-state index >= 15 is 0 Å². The van der Waals surface area contributed by atoms with Gasteiger partial charge in [0.05, 0.1) is 12.1 Å². The predicted octanol–water partition coefficient (Wildman–Crippen LogP) is 4.95. The molecule has 1 heterocycles. The maximum Gasteiger partial charge on any atom is 0.246 e. The number of amides is 1. The summed E-state index contributed by atoms with van der Waals surface area (Å²) in [6, 6.07) is 8.35. The van der Waals surface area contributed by atoms with Gasteiger partial charge >= 0.3 is 0 Å². The van der Waals surface area contributed by atoms with Gasteiger partial charge in [-0.2, -0.15) is 4.98 Å². The van der Waals surface area contributed by atoms with E-state index < -0.39 is 5.54 Å². The van der Waals surface area contributed by atoms with Gasteiger partial charge in [0.2, 0.25) is 17.6 Å². The number of benzene rings is 1. The minimum Gasteiger partial charge on any atom is -0.345 e. The summed E-state index contributed by atoms with van der Waals surface area (Å²) in [6.45, 7) is 2.47. The SMILES string of the molecule is CCCCCCCCCCc1ccc(-c2noc(CNC(=O)C3(N)CC3)n2)cc1.Cl. The first-order valence-electron chi connectivity index (χ1n) is 11.1. The van der Waals surface area contributed by atoms with Gasteiger partial charge in [-0.05, 0) is 31.2 Å². The molecule has 0 bridgehead atoms. The Hall–Kier alpha value is -1.92. The highest BCUT2D eigenvalue weighted by Gasteiger charge is 2.45. The fourth-order valence-electron chi connectivity index (χ4n) is 3.42. The van der Waals surface area contributed by atoms with Crippen LogP contribution in [-0.2, 0) is 17.8 Å². The second kappa shape index (κ2) is 12.1. The minimum absolute atomic E-state index is 0. The highest BCUT2D eigenvalue weighted by Crippen LogP contribution is 2.32. The Bertz CT molecular complexity index is 772. The van der Waals surface area contributed by atoms with Gasteiger partial charge in [0.1, 0.15) is 0 Å². The Morgan fingerprint density at radius 3 is 2.33 bits per heavy atom. The van der Waals surface area contributed by atoms with Crippen molar-refractivity contribution in [1.29, 1.82) is 0 Å². The molecule has 2 aromatic rings. The van der Waals surface area contributed by atoms with Crippen molar-refractivity contribution in [2.45, 2.75) is 89.6 Å². The topological polar surface area (TPSA) is 94.0 Å². The maximum atomic E-state index is 11.9. The molecule has 0 spiro atoms. The van der Waals surface area contributed by atoms with Gasteiger partial charge in [-0.1, -0.05) is 81.3 Å². The lowest BCUT2D eigenvalue weighted by Crippen LogP contribution is -2.42. The predicted molar refractivity (Wildman–Crippen MR) is 121 cm³/mol. The van der Waals surface area contributed by atoms with Gasteiger partial charge < -0.3 is 15.6 Å². The number of carbonyl (C=O) groups excluding carboxylic acids is 1. The molecule has 1 aliphatic carbocycles. The monoisotopic (exact) mass is 434 g/mol. The Morgan fingerprint density at radius 2 is 1.70 bits per heavy atom. The molecular formula is C23H35ClN4O2. The van der Waals surface area contributed by atoms with Crippen molar-refractivity contribution in [1.82, 2.24) is 15.5 Å². The largest absolute Gasteiger partial charge is 0.345 e. The average Bonchev–Trinajstić information content (AvgIpc) is 3.32. The van der Waals surface area contributed by atoms with Gasteiger partial charge in [0.15, 0.2) is 0 Å². The number of halogens is 1. The molecule has 7 heteroatoms. The Morgan fingerprint density at radius 1 is 1.07 bits per heavy atom. The highest BCUT2D eigenvalue weighted by molar-refractivity contribution is 5.88. The summed E-state index contributed by atoms with van der Waals surface area (Å²) in [5, 5.41) is 6.78.